The predicted molar refractivity (Wildman–Crippen MR) is 99.1 cm³/mol. The van der Waals surface area contributed by atoms with E-state index in [1.807, 2.05) is 0 Å². The maximum absolute atomic E-state index is 13.5. The van der Waals surface area contributed by atoms with E-state index in [0.717, 1.165) is 16.7 Å². The maximum Gasteiger partial charge on any atom is 0.418 e. The molecule has 2 N–H and O–H groups in total. The second kappa shape index (κ2) is 7.63. The number of alkyl halides is 3. The fraction of sp³-hybridized carbons (Fsp3) is 0.176. The van der Waals surface area contributed by atoms with Crippen LogP contribution in [0.3, 0.4) is 0 Å². The summed E-state index contributed by atoms with van der Waals surface area (Å²) in [6, 6.07) is 9.47. The molecule has 0 radical (unpaired) electrons. The van der Waals surface area contributed by atoms with Gasteiger partial charge in [-0.3, -0.25) is 5.43 Å². The van der Waals surface area contributed by atoms with Crippen LogP contribution in [0.2, 0.25) is 0 Å². The third kappa shape index (κ3) is 4.34. The molecule has 0 amide bonds. The summed E-state index contributed by atoms with van der Waals surface area (Å²) < 4.78 is 52.5. The van der Waals surface area contributed by atoms with Crippen LogP contribution in [0.5, 0.6) is 0 Å². The van der Waals surface area contributed by atoms with Crippen molar-refractivity contribution >= 4 is 40.5 Å². The zero-order chi connectivity index (χ0) is 18.7. The van der Waals surface area contributed by atoms with Crippen molar-refractivity contribution in [1.82, 2.24) is 5.43 Å². The molecule has 3 rings (SSSR count). The van der Waals surface area contributed by atoms with Crippen LogP contribution in [0.4, 0.5) is 23.2 Å². The lowest BCUT2D eigenvalue weighted by atomic mass is 10.1. The van der Waals surface area contributed by atoms with E-state index in [9.17, 15) is 17.6 Å². The monoisotopic (exact) mass is 399 g/mol. The molecule has 1 aliphatic rings. The number of rotatable bonds is 2. The number of anilines is 1. The molecule has 0 fully saturated rings. The minimum absolute atomic E-state index is 0.0784. The zero-order valence-electron chi connectivity index (χ0n) is 13.2. The van der Waals surface area contributed by atoms with Gasteiger partial charge in [-0.1, -0.05) is 12.1 Å². The molecule has 136 valence electrons. The van der Waals surface area contributed by atoms with E-state index in [1.165, 1.54) is 30.3 Å². The van der Waals surface area contributed by atoms with Gasteiger partial charge in [-0.25, -0.2) is 4.39 Å². The summed E-state index contributed by atoms with van der Waals surface area (Å²) >= 11 is 6.63. The number of thioether (sulfide) groups is 1. The highest BCUT2D eigenvalue weighted by Crippen LogP contribution is 2.34. The fourth-order valence-corrected chi connectivity index (χ4v) is 3.64. The summed E-state index contributed by atoms with van der Waals surface area (Å²) in [7, 11) is 0. The van der Waals surface area contributed by atoms with Crippen LogP contribution in [-0.2, 0) is 6.18 Å². The van der Waals surface area contributed by atoms with E-state index < -0.39 is 11.7 Å². The average Bonchev–Trinajstić information content (AvgIpc) is 2.59. The second-order valence-electron chi connectivity index (χ2n) is 5.41. The number of hydrogen-bond donors (Lipinski definition) is 2. The van der Waals surface area contributed by atoms with Crippen LogP contribution < -0.4 is 10.7 Å². The molecule has 2 aromatic carbocycles. The van der Waals surface area contributed by atoms with Crippen molar-refractivity contribution < 1.29 is 17.6 Å². The minimum atomic E-state index is -4.50. The number of para-hydroxylation sites is 1. The Morgan fingerprint density at radius 1 is 1.15 bits per heavy atom. The highest BCUT2D eigenvalue weighted by atomic mass is 32.2. The van der Waals surface area contributed by atoms with Gasteiger partial charge in [0, 0.05) is 22.6 Å². The van der Waals surface area contributed by atoms with Crippen molar-refractivity contribution in [3.05, 3.63) is 59.4 Å². The predicted octanol–water partition coefficient (Wildman–Crippen LogP) is 5.03. The second-order valence-corrected chi connectivity index (χ2v) is 6.95. The average molecular weight is 399 g/mol. The van der Waals surface area contributed by atoms with Crippen LogP contribution in [0, 0.1) is 5.82 Å². The van der Waals surface area contributed by atoms with Gasteiger partial charge in [-0.05, 0) is 42.5 Å². The number of hydrazone groups is 1. The topological polar surface area (TPSA) is 36.4 Å². The van der Waals surface area contributed by atoms with E-state index in [0.29, 0.717) is 17.7 Å². The van der Waals surface area contributed by atoms with E-state index in [1.54, 1.807) is 17.8 Å². The molecule has 0 atom stereocenters. The summed E-state index contributed by atoms with van der Waals surface area (Å²) in [6.07, 6.45) is -3.90. The van der Waals surface area contributed by atoms with E-state index in [4.69, 9.17) is 12.2 Å². The molecule has 0 bridgehead atoms. The van der Waals surface area contributed by atoms with Gasteiger partial charge in [-0.15, -0.1) is 11.8 Å². The number of hydrogen-bond acceptors (Lipinski definition) is 3. The van der Waals surface area contributed by atoms with Gasteiger partial charge >= 0.3 is 6.18 Å². The summed E-state index contributed by atoms with van der Waals surface area (Å²) in [5, 5.41) is 6.58. The van der Waals surface area contributed by atoms with E-state index in [-0.39, 0.29) is 16.6 Å². The molecule has 1 heterocycles. The van der Waals surface area contributed by atoms with Gasteiger partial charge in [0.05, 0.1) is 17.0 Å². The number of thiocarbonyl (C=S) groups is 1. The first-order valence-corrected chi connectivity index (χ1v) is 8.96. The summed E-state index contributed by atoms with van der Waals surface area (Å²) in [5.41, 5.74) is 2.83. The molecule has 0 aliphatic carbocycles. The molecule has 3 nitrogen and oxygen atoms in total. The van der Waals surface area contributed by atoms with Gasteiger partial charge in [0.1, 0.15) is 5.82 Å². The highest BCUT2D eigenvalue weighted by Gasteiger charge is 2.33. The Kier molecular flexibility index (Phi) is 5.47. The normalized spacial score (nSPS) is 15.5. The van der Waals surface area contributed by atoms with Crippen molar-refractivity contribution in [3.63, 3.8) is 0 Å². The lowest BCUT2D eigenvalue weighted by molar-refractivity contribution is -0.136. The van der Waals surface area contributed by atoms with Crippen LogP contribution in [0.15, 0.2) is 52.5 Å². The molecule has 0 saturated carbocycles. The Morgan fingerprint density at radius 2 is 1.92 bits per heavy atom. The number of benzene rings is 2. The number of halogens is 4. The molecule has 9 heteroatoms. The molecule has 26 heavy (non-hydrogen) atoms. The Bertz CT molecular complexity index is 865. The van der Waals surface area contributed by atoms with Crippen LogP contribution >= 0.6 is 24.0 Å². The number of nitrogens with zero attached hydrogens (tertiary/aromatic N) is 1. The van der Waals surface area contributed by atoms with Gasteiger partial charge in [0.15, 0.2) is 5.11 Å². The van der Waals surface area contributed by atoms with Crippen molar-refractivity contribution in [1.29, 1.82) is 0 Å². The summed E-state index contributed by atoms with van der Waals surface area (Å²) in [5.74, 6) is 0.398. The third-order valence-corrected chi connectivity index (χ3v) is 4.89. The summed E-state index contributed by atoms with van der Waals surface area (Å²) in [6.45, 7) is 0. The quantitative estimate of drug-likeness (QED) is 0.422. The summed E-state index contributed by atoms with van der Waals surface area (Å²) in [4.78, 5) is 0.902. The smallest absolute Gasteiger partial charge is 0.331 e. The molecular formula is C17H13F4N3S2. The van der Waals surface area contributed by atoms with Gasteiger partial charge in [-0.2, -0.15) is 18.3 Å². The van der Waals surface area contributed by atoms with Crippen LogP contribution in [0.25, 0.3) is 0 Å². The van der Waals surface area contributed by atoms with Crippen molar-refractivity contribution in [3.8, 4) is 0 Å². The van der Waals surface area contributed by atoms with Crippen molar-refractivity contribution in [2.24, 2.45) is 5.10 Å². The Labute approximate surface area is 156 Å². The first-order chi connectivity index (χ1) is 12.3. The molecule has 0 unspecified atom stereocenters. The van der Waals surface area contributed by atoms with Crippen LogP contribution in [-0.4, -0.2) is 16.6 Å². The van der Waals surface area contributed by atoms with Gasteiger partial charge in [0.25, 0.3) is 0 Å². The minimum Gasteiger partial charge on any atom is -0.331 e. The standard InChI is InChI=1S/C17H13F4N3S2/c18-10-5-6-15-11(9-10)13(7-8-26-15)23-24-16(25)22-14-4-2-1-3-12(14)17(19,20)21/h1-6,9H,7-8H2,(H2,22,24,25)/b23-13+. The van der Waals surface area contributed by atoms with Crippen LogP contribution in [0.1, 0.15) is 17.5 Å². The molecule has 2 aromatic rings. The number of nitrogens with one attached hydrogen (secondary N) is 2. The lowest BCUT2D eigenvalue weighted by Gasteiger charge is -2.18. The fourth-order valence-electron chi connectivity index (χ4n) is 2.47. The van der Waals surface area contributed by atoms with Crippen molar-refractivity contribution in [2.75, 3.05) is 11.1 Å². The lowest BCUT2D eigenvalue weighted by Crippen LogP contribution is -2.27. The highest BCUT2D eigenvalue weighted by molar-refractivity contribution is 7.99. The Balaban J connectivity index is 1.75. The Morgan fingerprint density at radius 3 is 2.69 bits per heavy atom. The first-order valence-electron chi connectivity index (χ1n) is 7.57. The van der Waals surface area contributed by atoms with Gasteiger partial charge in [0.2, 0.25) is 0 Å². The molecule has 0 spiro atoms. The van der Waals surface area contributed by atoms with Crippen molar-refractivity contribution in [2.45, 2.75) is 17.5 Å². The Hall–Kier alpha value is -2.13. The molecule has 0 aromatic heterocycles. The molecular weight excluding hydrogens is 386 g/mol. The van der Waals surface area contributed by atoms with E-state index in [2.05, 4.69) is 15.8 Å². The first kappa shape index (κ1) is 18.7. The SMILES string of the molecule is Fc1ccc2c(c1)/C(=N/NC(=S)Nc1ccccc1C(F)(F)F)CCS2. The van der Waals surface area contributed by atoms with E-state index >= 15 is 0 Å². The molecule has 1 aliphatic heterocycles. The zero-order valence-corrected chi connectivity index (χ0v) is 14.9. The maximum atomic E-state index is 13.5. The molecule has 0 saturated heterocycles. The van der Waals surface area contributed by atoms with Gasteiger partial charge < -0.3 is 5.32 Å². The number of fused-ring (bicyclic) bond motifs is 1. The third-order valence-electron chi connectivity index (χ3n) is 3.62. The largest absolute Gasteiger partial charge is 0.418 e.